The lowest BCUT2D eigenvalue weighted by molar-refractivity contribution is -0.155. The highest BCUT2D eigenvalue weighted by molar-refractivity contribution is 7.10. The number of methoxy groups -OCH3 is 1. The summed E-state index contributed by atoms with van der Waals surface area (Å²) in [5.41, 5.74) is -1.62. The summed E-state index contributed by atoms with van der Waals surface area (Å²) in [6.07, 6.45) is 0. The van der Waals surface area contributed by atoms with E-state index in [9.17, 15) is 10.1 Å². The molecule has 1 rings (SSSR count). The van der Waals surface area contributed by atoms with Crippen LogP contribution in [0, 0.1) is 11.3 Å². The van der Waals surface area contributed by atoms with Crippen LogP contribution in [0.2, 0.25) is 19.6 Å². The molecule has 1 aromatic rings. The van der Waals surface area contributed by atoms with Crippen LogP contribution in [-0.4, -0.2) is 21.4 Å². The second-order valence-electron chi connectivity index (χ2n) is 4.48. The highest BCUT2D eigenvalue weighted by Gasteiger charge is 2.47. The van der Waals surface area contributed by atoms with Crippen LogP contribution in [0.1, 0.15) is 4.88 Å². The van der Waals surface area contributed by atoms with E-state index in [2.05, 4.69) is 0 Å². The molecular weight excluding hydrogens is 254 g/mol. The fourth-order valence-corrected chi connectivity index (χ4v) is 3.43. The Morgan fingerprint density at radius 2 is 2.18 bits per heavy atom. The van der Waals surface area contributed by atoms with E-state index in [0.29, 0.717) is 4.88 Å². The van der Waals surface area contributed by atoms with Crippen LogP contribution in [-0.2, 0) is 19.6 Å². The van der Waals surface area contributed by atoms with Crippen LogP contribution in [0.3, 0.4) is 0 Å². The Bertz CT molecular complexity index is 433. The molecule has 0 saturated carbocycles. The van der Waals surface area contributed by atoms with Gasteiger partial charge in [0.15, 0.2) is 8.32 Å². The zero-order valence-electron chi connectivity index (χ0n) is 10.3. The van der Waals surface area contributed by atoms with Crippen molar-refractivity contribution in [2.45, 2.75) is 25.2 Å². The van der Waals surface area contributed by atoms with E-state index in [1.165, 1.54) is 18.4 Å². The summed E-state index contributed by atoms with van der Waals surface area (Å²) in [6, 6.07) is 5.47. The molecule has 0 N–H and O–H groups in total. The van der Waals surface area contributed by atoms with Crippen molar-refractivity contribution in [2.24, 2.45) is 0 Å². The normalized spacial score (nSPS) is 14.8. The monoisotopic (exact) mass is 269 g/mol. The zero-order valence-corrected chi connectivity index (χ0v) is 12.1. The lowest BCUT2D eigenvalue weighted by Crippen LogP contribution is -2.45. The van der Waals surface area contributed by atoms with Crippen molar-refractivity contribution in [3.05, 3.63) is 22.4 Å². The quantitative estimate of drug-likeness (QED) is 0.622. The molecule has 0 aromatic carbocycles. The van der Waals surface area contributed by atoms with Crippen molar-refractivity contribution in [2.75, 3.05) is 7.11 Å². The molecule has 92 valence electrons. The highest BCUT2D eigenvalue weighted by atomic mass is 32.1. The lowest BCUT2D eigenvalue weighted by atomic mass is 10.1. The third-order valence-corrected chi connectivity index (χ3v) is 3.85. The molecule has 0 saturated heterocycles. The highest BCUT2D eigenvalue weighted by Crippen LogP contribution is 2.33. The molecule has 0 aliphatic heterocycles. The first-order valence-corrected chi connectivity index (χ1v) is 9.38. The predicted molar refractivity (Wildman–Crippen MR) is 68.1 cm³/mol. The fourth-order valence-electron chi connectivity index (χ4n) is 1.40. The minimum atomic E-state index is -2.07. The number of carbonyl (C=O) groups excluding carboxylic acids is 1. The van der Waals surface area contributed by atoms with Crippen molar-refractivity contribution in [3.8, 4) is 6.07 Å². The molecule has 0 aliphatic carbocycles. The average molecular weight is 269 g/mol. The third kappa shape index (κ3) is 2.94. The Hall–Kier alpha value is -1.16. The third-order valence-electron chi connectivity index (χ3n) is 1.96. The number of nitrogens with zero attached hydrogens (tertiary/aromatic N) is 1. The van der Waals surface area contributed by atoms with Gasteiger partial charge in [-0.2, -0.15) is 5.26 Å². The number of thiophene rings is 1. The van der Waals surface area contributed by atoms with Gasteiger partial charge >= 0.3 is 5.97 Å². The van der Waals surface area contributed by atoms with Gasteiger partial charge in [0.05, 0.1) is 12.0 Å². The van der Waals surface area contributed by atoms with Gasteiger partial charge in [-0.15, -0.1) is 11.3 Å². The van der Waals surface area contributed by atoms with E-state index < -0.39 is 19.9 Å². The van der Waals surface area contributed by atoms with Gasteiger partial charge in [0.1, 0.15) is 6.07 Å². The van der Waals surface area contributed by atoms with Crippen molar-refractivity contribution >= 4 is 25.6 Å². The van der Waals surface area contributed by atoms with Gasteiger partial charge in [-0.05, 0) is 31.1 Å². The van der Waals surface area contributed by atoms with Crippen LogP contribution in [0.15, 0.2) is 17.5 Å². The number of ether oxygens (including phenoxy) is 1. The molecule has 4 nitrogen and oxygen atoms in total. The summed E-state index contributed by atoms with van der Waals surface area (Å²) in [4.78, 5) is 12.5. The van der Waals surface area contributed by atoms with E-state index in [4.69, 9.17) is 9.16 Å². The second kappa shape index (κ2) is 5.00. The molecule has 1 aromatic heterocycles. The van der Waals surface area contributed by atoms with E-state index in [0.717, 1.165) is 0 Å². The minimum absolute atomic E-state index is 0.564. The van der Waals surface area contributed by atoms with Crippen LogP contribution >= 0.6 is 11.3 Å². The van der Waals surface area contributed by atoms with E-state index in [-0.39, 0.29) is 0 Å². The number of nitriles is 1. The number of esters is 1. The van der Waals surface area contributed by atoms with Gasteiger partial charge in [0, 0.05) is 0 Å². The van der Waals surface area contributed by atoms with Crippen LogP contribution in [0.25, 0.3) is 0 Å². The van der Waals surface area contributed by atoms with Crippen molar-refractivity contribution in [3.63, 3.8) is 0 Å². The van der Waals surface area contributed by atoms with Gasteiger partial charge in [-0.25, -0.2) is 4.79 Å². The number of rotatable bonds is 4. The maximum absolute atomic E-state index is 11.9. The van der Waals surface area contributed by atoms with Crippen molar-refractivity contribution in [1.29, 1.82) is 5.26 Å². The summed E-state index contributed by atoms with van der Waals surface area (Å²) >= 11 is 1.31. The van der Waals surface area contributed by atoms with Crippen LogP contribution in [0.4, 0.5) is 0 Å². The van der Waals surface area contributed by atoms with Gasteiger partial charge in [0.25, 0.3) is 5.60 Å². The molecule has 6 heteroatoms. The molecule has 0 fully saturated rings. The molecule has 0 unspecified atom stereocenters. The lowest BCUT2D eigenvalue weighted by Gasteiger charge is -2.30. The SMILES string of the molecule is COC(=O)[C@@](C#N)(O[Si](C)(C)C)c1cccs1. The summed E-state index contributed by atoms with van der Waals surface area (Å²) < 4.78 is 10.5. The zero-order chi connectivity index (χ0) is 13.1. The maximum atomic E-state index is 11.9. The maximum Gasteiger partial charge on any atom is 0.358 e. The Morgan fingerprint density at radius 1 is 1.53 bits per heavy atom. The van der Waals surface area contributed by atoms with Crippen molar-refractivity contribution < 1.29 is 14.0 Å². The molecule has 17 heavy (non-hydrogen) atoms. The number of hydrogen-bond donors (Lipinski definition) is 0. The summed E-state index contributed by atoms with van der Waals surface area (Å²) in [7, 11) is -0.806. The Kier molecular flexibility index (Phi) is 4.09. The molecule has 0 amide bonds. The predicted octanol–water partition coefficient (Wildman–Crippen LogP) is 2.49. The van der Waals surface area contributed by atoms with Gasteiger partial charge in [-0.3, -0.25) is 0 Å². The number of carbonyl (C=O) groups is 1. The molecule has 0 aliphatic rings. The first-order valence-electron chi connectivity index (χ1n) is 5.09. The first-order chi connectivity index (χ1) is 7.85. The van der Waals surface area contributed by atoms with E-state index >= 15 is 0 Å². The van der Waals surface area contributed by atoms with Crippen molar-refractivity contribution in [1.82, 2.24) is 0 Å². The van der Waals surface area contributed by atoms with Gasteiger partial charge < -0.3 is 9.16 Å². The van der Waals surface area contributed by atoms with E-state index in [1.807, 2.05) is 25.7 Å². The standard InChI is InChI=1S/C11H15NO3SSi/c1-14-10(13)11(8-12,15-17(2,3)4)9-6-5-7-16-9/h5-7H,1-4H3/t11-/m0/s1. The second-order valence-corrected chi connectivity index (χ2v) is 9.85. The molecule has 0 radical (unpaired) electrons. The number of hydrogen-bond acceptors (Lipinski definition) is 5. The topological polar surface area (TPSA) is 59.3 Å². The largest absolute Gasteiger partial charge is 0.466 e. The molecular formula is C11H15NO3SSi. The first kappa shape index (κ1) is 13.9. The molecule has 0 spiro atoms. The molecule has 1 atom stereocenters. The van der Waals surface area contributed by atoms with E-state index in [1.54, 1.807) is 17.5 Å². The van der Waals surface area contributed by atoms with Crippen LogP contribution < -0.4 is 0 Å². The summed E-state index contributed by atoms with van der Waals surface area (Å²) in [5.74, 6) is -0.662. The molecule has 0 bridgehead atoms. The summed E-state index contributed by atoms with van der Waals surface area (Å²) in [5, 5.41) is 11.2. The minimum Gasteiger partial charge on any atom is -0.466 e. The van der Waals surface area contributed by atoms with Crippen LogP contribution in [0.5, 0.6) is 0 Å². The van der Waals surface area contributed by atoms with Gasteiger partial charge in [0.2, 0.25) is 0 Å². The Morgan fingerprint density at radius 3 is 2.53 bits per heavy atom. The summed E-state index contributed by atoms with van der Waals surface area (Å²) in [6.45, 7) is 5.78. The average Bonchev–Trinajstić information content (AvgIpc) is 2.77. The fraction of sp³-hybridized carbons (Fsp3) is 0.455. The Labute approximate surface area is 106 Å². The Balaban J connectivity index is 3.26. The smallest absolute Gasteiger partial charge is 0.358 e. The van der Waals surface area contributed by atoms with Gasteiger partial charge in [-0.1, -0.05) is 6.07 Å². The molecule has 1 heterocycles.